The molecule has 0 bridgehead atoms. The maximum atomic E-state index is 11.8. The van der Waals surface area contributed by atoms with Crippen molar-refractivity contribution in [1.29, 1.82) is 0 Å². The molecule has 0 spiro atoms. The molecule has 0 aliphatic rings. The van der Waals surface area contributed by atoms with Crippen molar-refractivity contribution in [3.63, 3.8) is 0 Å². The van der Waals surface area contributed by atoms with Crippen molar-refractivity contribution in [1.82, 2.24) is 0 Å². The normalized spacial score (nSPS) is 15.0. The summed E-state index contributed by atoms with van der Waals surface area (Å²) in [6.45, 7) is 5.86. The average Bonchev–Trinajstić information content (AvgIpc) is 2.72. The number of aliphatic carboxylic acids is 2. The highest BCUT2D eigenvalue weighted by atomic mass is 16.4. The van der Waals surface area contributed by atoms with Crippen molar-refractivity contribution in [2.75, 3.05) is 14.1 Å². The molecule has 0 amide bonds. The summed E-state index contributed by atoms with van der Waals surface area (Å²) >= 11 is 0. The Morgan fingerprint density at radius 1 is 0.812 bits per heavy atom. The second kappa shape index (κ2) is 17.2. The maximum absolute atomic E-state index is 11.8. The lowest BCUT2D eigenvalue weighted by molar-refractivity contribution is -0.951. The van der Waals surface area contributed by atoms with E-state index in [1.807, 2.05) is 21.0 Å². The number of likely N-dealkylation sites (N-methyl/N-ethyl adjacent to an activating group) is 1. The first-order valence-corrected chi connectivity index (χ1v) is 13.0. The van der Waals surface area contributed by atoms with E-state index in [2.05, 4.69) is 19.1 Å². The highest BCUT2D eigenvalue weighted by Crippen LogP contribution is 2.30. The fourth-order valence-corrected chi connectivity index (χ4v) is 4.32. The molecule has 32 heavy (non-hydrogen) atoms. The number of nitrogens with zero attached hydrogens (tertiary/aromatic N) is 1. The van der Waals surface area contributed by atoms with Gasteiger partial charge in [0.25, 0.3) is 0 Å². The molecule has 0 saturated heterocycles. The zero-order valence-electron chi connectivity index (χ0n) is 21.7. The van der Waals surface area contributed by atoms with Crippen LogP contribution in [0, 0.1) is 0 Å². The van der Waals surface area contributed by atoms with Gasteiger partial charge in [-0.2, -0.15) is 0 Å². The smallest absolute Gasteiger partial charge is 0.366 e. The Bertz CT molecular complexity index is 544. The summed E-state index contributed by atoms with van der Waals surface area (Å²) in [7, 11) is 3.70. The van der Waals surface area contributed by atoms with Gasteiger partial charge >= 0.3 is 11.9 Å². The van der Waals surface area contributed by atoms with Gasteiger partial charge in [-0.1, -0.05) is 76.9 Å². The van der Waals surface area contributed by atoms with Gasteiger partial charge in [0.15, 0.2) is 0 Å². The maximum Gasteiger partial charge on any atom is 0.366 e. The molecular weight excluding hydrogens is 402 g/mol. The summed E-state index contributed by atoms with van der Waals surface area (Å²) < 4.78 is 0.180. The second-order valence-electron chi connectivity index (χ2n) is 10.3. The van der Waals surface area contributed by atoms with Crippen LogP contribution in [0.4, 0.5) is 0 Å². The van der Waals surface area contributed by atoms with Crippen LogP contribution in [0.25, 0.3) is 0 Å². The highest BCUT2D eigenvalue weighted by Gasteiger charge is 2.52. The largest absolute Gasteiger partial charge is 0.481 e. The van der Waals surface area contributed by atoms with Gasteiger partial charge in [-0.05, 0) is 45.4 Å². The first kappa shape index (κ1) is 30.6. The Kier molecular flexibility index (Phi) is 16.4. The van der Waals surface area contributed by atoms with Crippen LogP contribution in [0.2, 0.25) is 0 Å². The number of hydrogen-bond donors (Lipinski definition) is 2. The van der Waals surface area contributed by atoms with Crippen molar-refractivity contribution >= 4 is 11.9 Å². The number of unbranched alkanes of at least 4 members (excludes halogenated alkanes) is 12. The minimum atomic E-state index is -1.33. The Labute approximate surface area is 197 Å². The molecule has 0 saturated carbocycles. The van der Waals surface area contributed by atoms with E-state index in [0.717, 1.165) is 19.3 Å². The van der Waals surface area contributed by atoms with Gasteiger partial charge in [-0.15, -0.1) is 0 Å². The van der Waals surface area contributed by atoms with Crippen LogP contribution in [-0.2, 0) is 9.59 Å². The number of rotatable bonds is 21. The molecule has 5 nitrogen and oxygen atoms in total. The van der Waals surface area contributed by atoms with Gasteiger partial charge in [0.1, 0.15) is 6.42 Å². The number of carbonyl (C=O) groups is 2. The summed E-state index contributed by atoms with van der Waals surface area (Å²) in [6.07, 6.45) is 23.1. The lowest BCUT2D eigenvalue weighted by Gasteiger charge is -2.47. The average molecular weight is 455 g/mol. The molecule has 2 atom stereocenters. The quantitative estimate of drug-likeness (QED) is 0.109. The molecular formula is C27H52NO4+. The molecule has 0 heterocycles. The van der Waals surface area contributed by atoms with Crippen LogP contribution < -0.4 is 0 Å². The van der Waals surface area contributed by atoms with Crippen molar-refractivity contribution in [3.05, 3.63) is 12.2 Å². The molecule has 0 aromatic carbocycles. The van der Waals surface area contributed by atoms with Gasteiger partial charge in [0, 0.05) is 6.92 Å². The molecule has 0 aliphatic carbocycles. The first-order valence-electron chi connectivity index (χ1n) is 13.0. The Morgan fingerprint density at radius 3 is 1.69 bits per heavy atom. The van der Waals surface area contributed by atoms with Crippen LogP contribution in [0.15, 0.2) is 12.2 Å². The van der Waals surface area contributed by atoms with Gasteiger partial charge in [0.2, 0.25) is 5.54 Å². The standard InChI is InChI=1S/C27H51NO4/c1-6-7-8-9-10-11-12-13-14-15-16-17-18-19-20-21-22-24(2)28(4,5)27(3,26(31)32)23-25(29)30/h13-14,24H,6-12,15-23H2,1-5H3,(H-,29,30,31,32)/p+1/b14-13-. The zero-order valence-corrected chi connectivity index (χ0v) is 21.7. The zero-order chi connectivity index (χ0) is 24.5. The molecule has 0 radical (unpaired) electrons. The molecule has 0 aliphatic heterocycles. The Morgan fingerprint density at radius 2 is 1.25 bits per heavy atom. The predicted molar refractivity (Wildman–Crippen MR) is 134 cm³/mol. The van der Waals surface area contributed by atoms with Crippen LogP contribution in [0.5, 0.6) is 0 Å². The SMILES string of the molecule is CCCCCCCC/C=C\CCCCCCCCC(C)[N+](C)(C)C(C)(CC(=O)O)C(=O)O. The van der Waals surface area contributed by atoms with E-state index in [9.17, 15) is 19.8 Å². The lowest BCUT2D eigenvalue weighted by Crippen LogP contribution is -2.66. The minimum Gasteiger partial charge on any atom is -0.481 e. The van der Waals surface area contributed by atoms with E-state index < -0.39 is 17.5 Å². The van der Waals surface area contributed by atoms with E-state index in [1.165, 1.54) is 77.0 Å². The van der Waals surface area contributed by atoms with E-state index in [0.29, 0.717) is 0 Å². The van der Waals surface area contributed by atoms with Crippen LogP contribution in [0.3, 0.4) is 0 Å². The Hall–Kier alpha value is -1.36. The number of quaternary nitrogens is 1. The van der Waals surface area contributed by atoms with Crippen molar-refractivity contribution in [2.24, 2.45) is 0 Å². The first-order chi connectivity index (χ1) is 15.1. The van der Waals surface area contributed by atoms with Gasteiger partial charge in [0.05, 0.1) is 20.1 Å². The second-order valence-corrected chi connectivity index (χ2v) is 10.3. The number of carboxylic acid groups (broad SMARTS) is 2. The van der Waals surface area contributed by atoms with E-state index in [4.69, 9.17) is 0 Å². The molecule has 5 heteroatoms. The predicted octanol–water partition coefficient (Wildman–Crippen LogP) is 7.20. The molecule has 0 aromatic rings. The summed E-state index contributed by atoms with van der Waals surface area (Å²) in [6, 6.07) is 0.0900. The molecule has 2 N–H and O–H groups in total. The number of carboxylic acids is 2. The van der Waals surface area contributed by atoms with E-state index in [1.54, 1.807) is 6.92 Å². The van der Waals surface area contributed by atoms with Crippen LogP contribution in [-0.4, -0.2) is 52.3 Å². The minimum absolute atomic E-state index is 0.0900. The molecule has 2 unspecified atom stereocenters. The van der Waals surface area contributed by atoms with Crippen LogP contribution in [0.1, 0.15) is 124 Å². The summed E-state index contributed by atoms with van der Waals surface area (Å²) in [5.41, 5.74) is -1.33. The summed E-state index contributed by atoms with van der Waals surface area (Å²) in [5, 5.41) is 18.9. The third kappa shape index (κ3) is 12.0. The number of allylic oxidation sites excluding steroid dienone is 2. The third-order valence-electron chi connectivity index (χ3n) is 7.46. The van der Waals surface area contributed by atoms with Crippen LogP contribution >= 0.6 is 0 Å². The van der Waals surface area contributed by atoms with Crippen molar-refractivity contribution in [2.45, 2.75) is 135 Å². The molecule has 188 valence electrons. The molecule has 0 rings (SSSR count). The van der Waals surface area contributed by atoms with Gasteiger partial charge < -0.3 is 14.7 Å². The monoisotopic (exact) mass is 454 g/mol. The summed E-state index contributed by atoms with van der Waals surface area (Å²) in [4.78, 5) is 23.1. The fourth-order valence-electron chi connectivity index (χ4n) is 4.32. The van der Waals surface area contributed by atoms with Crippen molar-refractivity contribution in [3.8, 4) is 0 Å². The van der Waals surface area contributed by atoms with Crippen molar-refractivity contribution < 1.29 is 24.3 Å². The van der Waals surface area contributed by atoms with Gasteiger partial charge in [-0.25, -0.2) is 4.79 Å². The topological polar surface area (TPSA) is 74.6 Å². The van der Waals surface area contributed by atoms with E-state index >= 15 is 0 Å². The van der Waals surface area contributed by atoms with E-state index in [-0.39, 0.29) is 16.9 Å². The molecule has 0 fully saturated rings. The fraction of sp³-hybridized carbons (Fsp3) is 0.852. The number of hydrogen-bond acceptors (Lipinski definition) is 2. The third-order valence-corrected chi connectivity index (χ3v) is 7.46. The molecule has 0 aromatic heterocycles. The van der Waals surface area contributed by atoms with Gasteiger partial charge in [-0.3, -0.25) is 4.79 Å². The lowest BCUT2D eigenvalue weighted by atomic mass is 9.90. The Balaban J connectivity index is 3.90. The highest BCUT2D eigenvalue weighted by molar-refractivity contribution is 5.83. The summed E-state index contributed by atoms with van der Waals surface area (Å²) in [5.74, 6) is -2.11.